The maximum absolute atomic E-state index is 12.9. The quantitative estimate of drug-likeness (QED) is 0.444. The fraction of sp³-hybridized carbons (Fsp3) is 0.259. The Balaban J connectivity index is 1.55. The molecule has 31 heavy (non-hydrogen) atoms. The third kappa shape index (κ3) is 3.63. The van der Waals surface area contributed by atoms with Crippen molar-refractivity contribution in [2.75, 3.05) is 11.4 Å². The van der Waals surface area contributed by atoms with Gasteiger partial charge in [0.2, 0.25) is 5.91 Å². The van der Waals surface area contributed by atoms with Crippen molar-refractivity contribution in [3.8, 4) is 0 Å². The molecule has 1 atom stereocenters. The summed E-state index contributed by atoms with van der Waals surface area (Å²) >= 11 is 0. The second kappa shape index (κ2) is 7.69. The van der Waals surface area contributed by atoms with Crippen molar-refractivity contribution in [1.29, 1.82) is 0 Å². The first-order chi connectivity index (χ1) is 15.0. The number of nitrogens with zero attached hydrogens (tertiary/aromatic N) is 3. The lowest BCUT2D eigenvalue weighted by atomic mass is 10.0. The van der Waals surface area contributed by atoms with E-state index >= 15 is 0 Å². The van der Waals surface area contributed by atoms with Crippen molar-refractivity contribution >= 4 is 22.6 Å². The molecule has 156 valence electrons. The lowest BCUT2D eigenvalue weighted by Crippen LogP contribution is -2.24. The number of aryl methyl sites for hydroxylation is 3. The van der Waals surface area contributed by atoms with Crippen LogP contribution in [-0.4, -0.2) is 22.0 Å². The van der Waals surface area contributed by atoms with Crippen molar-refractivity contribution in [2.24, 2.45) is 0 Å². The van der Waals surface area contributed by atoms with E-state index in [0.717, 1.165) is 34.7 Å². The molecule has 0 saturated carbocycles. The van der Waals surface area contributed by atoms with Crippen molar-refractivity contribution < 1.29 is 4.79 Å². The zero-order valence-corrected chi connectivity index (χ0v) is 18.3. The molecular formula is C27H27N3O. The number of carbonyl (C=O) groups is 1. The molecule has 1 saturated heterocycles. The molecule has 0 aliphatic carbocycles. The van der Waals surface area contributed by atoms with Gasteiger partial charge in [-0.25, -0.2) is 4.98 Å². The summed E-state index contributed by atoms with van der Waals surface area (Å²) < 4.78 is 2.31. The highest BCUT2D eigenvalue weighted by Crippen LogP contribution is 2.34. The van der Waals surface area contributed by atoms with E-state index < -0.39 is 0 Å². The van der Waals surface area contributed by atoms with Crippen LogP contribution >= 0.6 is 0 Å². The summed E-state index contributed by atoms with van der Waals surface area (Å²) in [6, 6.07) is 23.1. The largest absolute Gasteiger partial charge is 0.323 e. The second-order valence-corrected chi connectivity index (χ2v) is 8.72. The summed E-state index contributed by atoms with van der Waals surface area (Å²) in [4.78, 5) is 19.9. The molecule has 4 heteroatoms. The molecular weight excluding hydrogens is 382 g/mol. The normalized spacial score (nSPS) is 16.4. The van der Waals surface area contributed by atoms with Crippen molar-refractivity contribution in [3.05, 3.63) is 94.8 Å². The second-order valence-electron chi connectivity index (χ2n) is 8.72. The molecule has 1 aromatic heterocycles. The van der Waals surface area contributed by atoms with Gasteiger partial charge in [0.15, 0.2) is 0 Å². The van der Waals surface area contributed by atoms with E-state index in [4.69, 9.17) is 4.98 Å². The Morgan fingerprint density at radius 2 is 1.74 bits per heavy atom. The number of para-hydroxylation sites is 2. The minimum Gasteiger partial charge on any atom is -0.323 e. The van der Waals surface area contributed by atoms with Crippen LogP contribution in [0.15, 0.2) is 66.7 Å². The zero-order chi connectivity index (χ0) is 21.5. The molecule has 0 spiro atoms. The first-order valence-electron chi connectivity index (χ1n) is 10.9. The number of hydrogen-bond donors (Lipinski definition) is 0. The molecule has 0 radical (unpaired) electrons. The van der Waals surface area contributed by atoms with Crippen molar-refractivity contribution in [3.63, 3.8) is 0 Å². The summed E-state index contributed by atoms with van der Waals surface area (Å²) in [7, 11) is 0. The van der Waals surface area contributed by atoms with Gasteiger partial charge in [0, 0.05) is 31.1 Å². The Bertz CT molecular complexity index is 1290. The van der Waals surface area contributed by atoms with Crippen molar-refractivity contribution in [2.45, 2.75) is 39.7 Å². The number of anilines is 1. The van der Waals surface area contributed by atoms with E-state index in [0.29, 0.717) is 13.0 Å². The summed E-state index contributed by atoms with van der Waals surface area (Å²) in [6.45, 7) is 7.78. The van der Waals surface area contributed by atoms with Gasteiger partial charge in [-0.1, -0.05) is 48.0 Å². The van der Waals surface area contributed by atoms with Gasteiger partial charge in [-0.3, -0.25) is 4.79 Å². The summed E-state index contributed by atoms with van der Waals surface area (Å²) in [6.07, 6.45) is 0.490. The Hall–Kier alpha value is -3.40. The van der Waals surface area contributed by atoms with Crippen LogP contribution < -0.4 is 4.90 Å². The molecule has 2 heterocycles. The van der Waals surface area contributed by atoms with Crippen LogP contribution in [0.2, 0.25) is 0 Å². The molecule has 4 nitrogen and oxygen atoms in total. The third-order valence-electron chi connectivity index (χ3n) is 6.32. The summed E-state index contributed by atoms with van der Waals surface area (Å²) in [5.74, 6) is 1.25. The minimum atomic E-state index is 0.0746. The maximum atomic E-state index is 12.9. The first kappa shape index (κ1) is 19.6. The monoisotopic (exact) mass is 409 g/mol. The van der Waals surface area contributed by atoms with E-state index in [1.165, 1.54) is 16.7 Å². The SMILES string of the molecule is Cc1cccc(N2C[C@H](c3nc4ccccc4n3Cc3cc(C)ccc3C)CC2=O)c1. The predicted molar refractivity (Wildman–Crippen MR) is 126 cm³/mol. The average molecular weight is 410 g/mol. The van der Waals surface area contributed by atoms with Crippen LogP contribution in [0.25, 0.3) is 11.0 Å². The Morgan fingerprint density at radius 1 is 0.935 bits per heavy atom. The lowest BCUT2D eigenvalue weighted by Gasteiger charge is -2.18. The number of fused-ring (bicyclic) bond motifs is 1. The minimum absolute atomic E-state index is 0.0746. The van der Waals surface area contributed by atoms with Crippen LogP contribution in [-0.2, 0) is 11.3 Å². The van der Waals surface area contributed by atoms with E-state index in [2.05, 4.69) is 73.9 Å². The lowest BCUT2D eigenvalue weighted by molar-refractivity contribution is -0.117. The van der Waals surface area contributed by atoms with Gasteiger partial charge in [0.05, 0.1) is 11.0 Å². The molecule has 1 amide bonds. The van der Waals surface area contributed by atoms with Crippen LogP contribution in [0.5, 0.6) is 0 Å². The summed E-state index contributed by atoms with van der Waals surface area (Å²) in [5.41, 5.74) is 8.08. The maximum Gasteiger partial charge on any atom is 0.227 e. The fourth-order valence-corrected chi connectivity index (χ4v) is 4.64. The van der Waals surface area contributed by atoms with E-state index in [1.807, 2.05) is 23.1 Å². The van der Waals surface area contributed by atoms with Gasteiger partial charge >= 0.3 is 0 Å². The molecule has 3 aromatic carbocycles. The fourth-order valence-electron chi connectivity index (χ4n) is 4.64. The molecule has 0 N–H and O–H groups in total. The average Bonchev–Trinajstić information content (AvgIpc) is 3.31. The van der Waals surface area contributed by atoms with Crippen LogP contribution in [0.4, 0.5) is 5.69 Å². The van der Waals surface area contributed by atoms with E-state index in [-0.39, 0.29) is 11.8 Å². The molecule has 5 rings (SSSR count). The Morgan fingerprint density at radius 3 is 2.58 bits per heavy atom. The Labute approximate surface area is 183 Å². The highest BCUT2D eigenvalue weighted by molar-refractivity contribution is 5.96. The van der Waals surface area contributed by atoms with Gasteiger partial charge < -0.3 is 9.47 Å². The van der Waals surface area contributed by atoms with Crippen LogP contribution in [0.3, 0.4) is 0 Å². The number of rotatable bonds is 4. The number of carbonyl (C=O) groups excluding carboxylic acids is 1. The number of benzene rings is 3. The molecule has 1 aliphatic heterocycles. The predicted octanol–water partition coefficient (Wildman–Crippen LogP) is 5.53. The van der Waals surface area contributed by atoms with Gasteiger partial charge in [0.1, 0.15) is 5.82 Å². The number of imidazole rings is 1. The van der Waals surface area contributed by atoms with Gasteiger partial charge in [0.25, 0.3) is 0 Å². The van der Waals surface area contributed by atoms with Gasteiger partial charge in [-0.2, -0.15) is 0 Å². The number of amides is 1. The first-order valence-corrected chi connectivity index (χ1v) is 10.9. The van der Waals surface area contributed by atoms with Gasteiger partial charge in [-0.15, -0.1) is 0 Å². The van der Waals surface area contributed by atoms with Gasteiger partial charge in [-0.05, 0) is 61.7 Å². The van der Waals surface area contributed by atoms with Crippen LogP contribution in [0.1, 0.15) is 40.4 Å². The van der Waals surface area contributed by atoms with E-state index in [9.17, 15) is 4.79 Å². The smallest absolute Gasteiger partial charge is 0.227 e. The van der Waals surface area contributed by atoms with E-state index in [1.54, 1.807) is 0 Å². The number of hydrogen-bond acceptors (Lipinski definition) is 2. The Kier molecular flexibility index (Phi) is 4.85. The third-order valence-corrected chi connectivity index (χ3v) is 6.32. The molecule has 0 bridgehead atoms. The highest BCUT2D eigenvalue weighted by atomic mass is 16.2. The summed E-state index contributed by atoms with van der Waals surface area (Å²) in [5, 5.41) is 0. The molecule has 1 fully saturated rings. The molecule has 4 aromatic rings. The van der Waals surface area contributed by atoms with Crippen molar-refractivity contribution in [1.82, 2.24) is 9.55 Å². The number of aromatic nitrogens is 2. The topological polar surface area (TPSA) is 38.1 Å². The highest BCUT2D eigenvalue weighted by Gasteiger charge is 2.35. The standard InChI is InChI=1S/C27H27N3O/c1-18-7-6-8-23(14-18)29-17-22(15-26(29)31)27-28-24-9-4-5-10-25(24)30(27)16-21-13-19(2)11-12-20(21)3/h4-14,22H,15-17H2,1-3H3/t22-/m1/s1. The van der Waals surface area contributed by atoms with Crippen LogP contribution in [0, 0.1) is 20.8 Å². The zero-order valence-electron chi connectivity index (χ0n) is 18.3. The molecule has 1 aliphatic rings. The molecule has 0 unspecified atom stereocenters.